The summed E-state index contributed by atoms with van der Waals surface area (Å²) < 4.78 is 0. The predicted molar refractivity (Wildman–Crippen MR) is 78.0 cm³/mol. The molecule has 1 aromatic carbocycles. The number of hydrogen-bond donors (Lipinski definition) is 1. The highest BCUT2D eigenvalue weighted by atomic mass is 35.5. The topological polar surface area (TPSA) is 46.3 Å². The first-order valence-corrected chi connectivity index (χ1v) is 6.04. The Morgan fingerprint density at radius 2 is 2.06 bits per heavy atom. The zero-order valence-corrected chi connectivity index (χ0v) is 12.5. The molecule has 0 spiro atoms. The van der Waals surface area contributed by atoms with E-state index in [1.165, 1.54) is 0 Å². The van der Waals surface area contributed by atoms with Gasteiger partial charge in [0.2, 0.25) is 5.91 Å². The van der Waals surface area contributed by atoms with E-state index in [-0.39, 0.29) is 30.3 Å². The van der Waals surface area contributed by atoms with Crippen LogP contribution < -0.4 is 5.73 Å². The van der Waals surface area contributed by atoms with Crippen LogP contribution in [0.25, 0.3) is 0 Å². The Morgan fingerprint density at radius 3 is 2.56 bits per heavy atom. The summed E-state index contributed by atoms with van der Waals surface area (Å²) in [6.45, 7) is 4.24. The summed E-state index contributed by atoms with van der Waals surface area (Å²) in [5.41, 5.74) is 6.74. The lowest BCUT2D eigenvalue weighted by atomic mass is 10.0. The lowest BCUT2D eigenvalue weighted by molar-refractivity contribution is -0.134. The summed E-state index contributed by atoms with van der Waals surface area (Å²) in [6.07, 6.45) is 0. The Labute approximate surface area is 120 Å². The van der Waals surface area contributed by atoms with Crippen molar-refractivity contribution in [1.29, 1.82) is 0 Å². The van der Waals surface area contributed by atoms with E-state index in [1.54, 1.807) is 11.9 Å². The quantitative estimate of drug-likeness (QED) is 0.927. The minimum atomic E-state index is -0.167. The Balaban J connectivity index is 0.00000289. The summed E-state index contributed by atoms with van der Waals surface area (Å²) in [6, 6.07) is 7.38. The molecule has 0 saturated carbocycles. The van der Waals surface area contributed by atoms with Gasteiger partial charge in [0.15, 0.2) is 0 Å². The number of hydrogen-bond acceptors (Lipinski definition) is 2. The van der Waals surface area contributed by atoms with Gasteiger partial charge in [0.05, 0.1) is 5.92 Å². The second-order valence-corrected chi connectivity index (χ2v) is 4.91. The standard InChI is InChI=1S/C13H19ClN2O.ClH/c1-9(10(2)15)13(17)16(3)8-11-5-4-6-12(14)7-11;/h4-7,9-10H,8,15H2,1-3H3;1H. The lowest BCUT2D eigenvalue weighted by Crippen LogP contribution is -2.39. The van der Waals surface area contributed by atoms with E-state index < -0.39 is 0 Å². The van der Waals surface area contributed by atoms with Gasteiger partial charge in [-0.2, -0.15) is 0 Å². The molecular weight excluding hydrogens is 271 g/mol. The van der Waals surface area contributed by atoms with Crippen LogP contribution in [0.2, 0.25) is 5.02 Å². The van der Waals surface area contributed by atoms with Crippen LogP contribution >= 0.6 is 24.0 Å². The van der Waals surface area contributed by atoms with E-state index >= 15 is 0 Å². The Bertz CT molecular complexity index is 396. The maximum absolute atomic E-state index is 12.0. The fraction of sp³-hybridized carbons (Fsp3) is 0.462. The molecule has 1 rings (SSSR count). The molecule has 0 aliphatic carbocycles. The summed E-state index contributed by atoms with van der Waals surface area (Å²) in [5, 5.41) is 0.684. The number of halogens is 2. The third-order valence-corrected chi connectivity index (χ3v) is 3.10. The number of nitrogens with zero attached hydrogens (tertiary/aromatic N) is 1. The van der Waals surface area contributed by atoms with Crippen molar-refractivity contribution in [2.24, 2.45) is 11.7 Å². The van der Waals surface area contributed by atoms with E-state index in [9.17, 15) is 4.79 Å². The van der Waals surface area contributed by atoms with Crippen LogP contribution in [-0.2, 0) is 11.3 Å². The van der Waals surface area contributed by atoms with Crippen molar-refractivity contribution in [3.63, 3.8) is 0 Å². The molecule has 0 aliphatic rings. The molecular formula is C13H20Cl2N2O. The van der Waals surface area contributed by atoms with Gasteiger partial charge in [-0.05, 0) is 24.6 Å². The first kappa shape index (κ1) is 17.2. The van der Waals surface area contributed by atoms with Crippen molar-refractivity contribution in [2.45, 2.75) is 26.4 Å². The molecule has 0 radical (unpaired) electrons. The molecule has 0 aromatic heterocycles. The van der Waals surface area contributed by atoms with Crippen LogP contribution in [0.1, 0.15) is 19.4 Å². The predicted octanol–water partition coefficient (Wildman–Crippen LogP) is 2.70. The highest BCUT2D eigenvalue weighted by Gasteiger charge is 2.20. The summed E-state index contributed by atoms with van der Waals surface area (Å²) in [5.74, 6) is -0.112. The van der Waals surface area contributed by atoms with Gasteiger partial charge in [0.1, 0.15) is 0 Å². The highest BCUT2D eigenvalue weighted by molar-refractivity contribution is 6.30. The molecule has 0 bridgehead atoms. The molecule has 1 aromatic rings. The highest BCUT2D eigenvalue weighted by Crippen LogP contribution is 2.13. The Kier molecular flexibility index (Phi) is 7.29. The van der Waals surface area contributed by atoms with Crippen LogP contribution in [-0.4, -0.2) is 23.9 Å². The van der Waals surface area contributed by atoms with Gasteiger partial charge < -0.3 is 10.6 Å². The molecule has 18 heavy (non-hydrogen) atoms. The van der Waals surface area contributed by atoms with Crippen molar-refractivity contribution in [2.75, 3.05) is 7.05 Å². The normalized spacial score (nSPS) is 13.4. The fourth-order valence-corrected chi connectivity index (χ4v) is 1.77. The van der Waals surface area contributed by atoms with E-state index in [2.05, 4.69) is 0 Å². The number of carbonyl (C=O) groups excluding carboxylic acids is 1. The van der Waals surface area contributed by atoms with Gasteiger partial charge in [-0.15, -0.1) is 12.4 Å². The van der Waals surface area contributed by atoms with Gasteiger partial charge in [-0.25, -0.2) is 0 Å². The summed E-state index contributed by atoms with van der Waals surface area (Å²) in [4.78, 5) is 13.7. The molecule has 1 amide bonds. The molecule has 2 atom stereocenters. The molecule has 0 saturated heterocycles. The minimum Gasteiger partial charge on any atom is -0.341 e. The first-order chi connectivity index (χ1) is 7.91. The Hall–Kier alpha value is -0.770. The molecule has 0 fully saturated rings. The zero-order chi connectivity index (χ0) is 13.0. The van der Waals surface area contributed by atoms with Gasteiger partial charge in [0, 0.05) is 24.7 Å². The minimum absolute atomic E-state index is 0. The molecule has 0 aliphatic heterocycles. The van der Waals surface area contributed by atoms with Crippen LogP contribution in [0.4, 0.5) is 0 Å². The summed E-state index contributed by atoms with van der Waals surface area (Å²) >= 11 is 5.90. The number of rotatable bonds is 4. The van der Waals surface area contributed by atoms with Crippen LogP contribution in [0.5, 0.6) is 0 Å². The van der Waals surface area contributed by atoms with Crippen molar-refractivity contribution in [3.05, 3.63) is 34.9 Å². The second-order valence-electron chi connectivity index (χ2n) is 4.47. The number of benzene rings is 1. The number of carbonyl (C=O) groups is 1. The maximum atomic E-state index is 12.0. The largest absolute Gasteiger partial charge is 0.341 e. The average Bonchev–Trinajstić information content (AvgIpc) is 2.26. The van der Waals surface area contributed by atoms with Gasteiger partial charge in [-0.3, -0.25) is 4.79 Å². The lowest BCUT2D eigenvalue weighted by Gasteiger charge is -2.23. The van der Waals surface area contributed by atoms with Crippen LogP contribution in [0.15, 0.2) is 24.3 Å². The fourth-order valence-electron chi connectivity index (χ4n) is 1.56. The monoisotopic (exact) mass is 290 g/mol. The van der Waals surface area contributed by atoms with Crippen molar-refractivity contribution in [3.8, 4) is 0 Å². The zero-order valence-electron chi connectivity index (χ0n) is 10.9. The SMILES string of the molecule is CC(N)C(C)C(=O)N(C)Cc1cccc(Cl)c1.Cl. The van der Waals surface area contributed by atoms with E-state index in [0.29, 0.717) is 11.6 Å². The number of amides is 1. The van der Waals surface area contributed by atoms with Gasteiger partial charge in [0.25, 0.3) is 0 Å². The van der Waals surface area contributed by atoms with E-state index in [0.717, 1.165) is 5.56 Å². The molecule has 102 valence electrons. The van der Waals surface area contributed by atoms with E-state index in [1.807, 2.05) is 38.1 Å². The van der Waals surface area contributed by atoms with Crippen molar-refractivity contribution >= 4 is 29.9 Å². The Morgan fingerprint density at radius 1 is 1.44 bits per heavy atom. The van der Waals surface area contributed by atoms with E-state index in [4.69, 9.17) is 17.3 Å². The molecule has 3 nitrogen and oxygen atoms in total. The molecule has 0 heterocycles. The maximum Gasteiger partial charge on any atom is 0.226 e. The van der Waals surface area contributed by atoms with Crippen molar-refractivity contribution in [1.82, 2.24) is 4.90 Å². The van der Waals surface area contributed by atoms with Crippen LogP contribution in [0, 0.1) is 5.92 Å². The molecule has 5 heteroatoms. The van der Waals surface area contributed by atoms with Crippen LogP contribution in [0.3, 0.4) is 0 Å². The average molecular weight is 291 g/mol. The van der Waals surface area contributed by atoms with Gasteiger partial charge >= 0.3 is 0 Å². The molecule has 2 unspecified atom stereocenters. The molecule has 2 N–H and O–H groups in total. The smallest absolute Gasteiger partial charge is 0.226 e. The third-order valence-electron chi connectivity index (χ3n) is 2.86. The second kappa shape index (κ2) is 7.62. The number of nitrogens with two attached hydrogens (primary N) is 1. The van der Waals surface area contributed by atoms with Gasteiger partial charge in [-0.1, -0.05) is 30.7 Å². The summed E-state index contributed by atoms with van der Waals surface area (Å²) in [7, 11) is 1.78. The third kappa shape index (κ3) is 4.84. The first-order valence-electron chi connectivity index (χ1n) is 5.67. The van der Waals surface area contributed by atoms with Crippen molar-refractivity contribution < 1.29 is 4.79 Å².